The molecule has 6 heteroatoms. The zero-order valence-corrected chi connectivity index (χ0v) is 8.72. The average molecular weight is 228 g/mol. The number of aromatic nitrogens is 4. The van der Waals surface area contributed by atoms with Crippen molar-refractivity contribution in [1.29, 1.82) is 0 Å². The Labute approximate surface area is 96.3 Å². The highest BCUT2D eigenvalue weighted by atomic mass is 16.6. The van der Waals surface area contributed by atoms with Crippen molar-refractivity contribution in [1.82, 2.24) is 15.1 Å². The van der Waals surface area contributed by atoms with Crippen LogP contribution in [0.25, 0.3) is 11.4 Å². The molecule has 0 bridgehead atoms. The van der Waals surface area contributed by atoms with Crippen LogP contribution in [-0.4, -0.2) is 15.1 Å². The quantitative estimate of drug-likeness (QED) is 0.588. The summed E-state index contributed by atoms with van der Waals surface area (Å²) in [6.07, 6.45) is 4.85. The Hall–Kier alpha value is -2.63. The predicted molar refractivity (Wildman–Crippen MR) is 54.6 cm³/mol. The lowest BCUT2D eigenvalue weighted by atomic mass is 10.3. The Bertz CT molecular complexity index is 613. The molecule has 0 aliphatic rings. The van der Waals surface area contributed by atoms with Gasteiger partial charge in [0.15, 0.2) is 0 Å². The van der Waals surface area contributed by atoms with Crippen LogP contribution in [0, 0.1) is 0 Å². The molecule has 0 aliphatic heterocycles. The third-order valence-electron chi connectivity index (χ3n) is 2.33. The highest BCUT2D eigenvalue weighted by Crippen LogP contribution is 2.08. The Kier molecular flexibility index (Phi) is 2.11. The standard InChI is InChI=1S/C11H8N4O2/c16-11-8-15(13-17-11)10-4-2-9(3-5-10)14-7-1-6-12-14/h1-8H. The van der Waals surface area contributed by atoms with Crippen molar-refractivity contribution in [3.05, 3.63) is 48.9 Å². The summed E-state index contributed by atoms with van der Waals surface area (Å²) in [5, 5.41) is 18.6. The highest BCUT2D eigenvalue weighted by molar-refractivity contribution is 5.36. The monoisotopic (exact) mass is 228 g/mol. The fourth-order valence-electron chi connectivity index (χ4n) is 1.53. The lowest BCUT2D eigenvalue weighted by Crippen LogP contribution is -2.31. The Morgan fingerprint density at radius 2 is 2.06 bits per heavy atom. The molecule has 0 unspecified atom stereocenters. The molecule has 0 radical (unpaired) electrons. The number of nitrogens with zero attached hydrogens (tertiary/aromatic N) is 4. The zero-order chi connectivity index (χ0) is 11.7. The van der Waals surface area contributed by atoms with Crippen molar-refractivity contribution in [2.45, 2.75) is 0 Å². The summed E-state index contributed by atoms with van der Waals surface area (Å²) in [5.41, 5.74) is 1.69. The maximum Gasteiger partial charge on any atom is 0.239 e. The van der Waals surface area contributed by atoms with Crippen LogP contribution in [0.5, 0.6) is 5.95 Å². The van der Waals surface area contributed by atoms with Crippen LogP contribution in [0.2, 0.25) is 0 Å². The van der Waals surface area contributed by atoms with Crippen molar-refractivity contribution in [2.24, 2.45) is 0 Å². The first-order valence-electron chi connectivity index (χ1n) is 4.99. The highest BCUT2D eigenvalue weighted by Gasteiger charge is 2.08. The predicted octanol–water partition coefficient (Wildman–Crippen LogP) is 0.211. The van der Waals surface area contributed by atoms with Gasteiger partial charge in [-0.25, -0.2) is 4.68 Å². The molecule has 3 rings (SSSR count). The number of benzene rings is 1. The van der Waals surface area contributed by atoms with E-state index in [1.54, 1.807) is 10.9 Å². The summed E-state index contributed by atoms with van der Waals surface area (Å²) < 4.78 is 7.59. The molecule has 2 heterocycles. The van der Waals surface area contributed by atoms with E-state index in [0.29, 0.717) is 0 Å². The second kappa shape index (κ2) is 3.75. The molecule has 0 N–H and O–H groups in total. The maximum absolute atomic E-state index is 10.9. The van der Waals surface area contributed by atoms with E-state index >= 15 is 0 Å². The second-order valence-corrected chi connectivity index (χ2v) is 3.43. The number of hydrogen-bond acceptors (Lipinski definition) is 4. The van der Waals surface area contributed by atoms with Gasteiger partial charge in [-0.05, 0) is 22.9 Å². The summed E-state index contributed by atoms with van der Waals surface area (Å²) in [6.45, 7) is 0. The largest absolute Gasteiger partial charge is 0.539 e. The van der Waals surface area contributed by atoms with Crippen LogP contribution in [0.1, 0.15) is 0 Å². The molecule has 0 spiro atoms. The van der Waals surface area contributed by atoms with Gasteiger partial charge in [0, 0.05) is 24.5 Å². The van der Waals surface area contributed by atoms with Gasteiger partial charge in [0.25, 0.3) is 0 Å². The fraction of sp³-hybridized carbons (Fsp3) is 0. The molecule has 0 atom stereocenters. The van der Waals surface area contributed by atoms with Gasteiger partial charge in [-0.1, -0.05) is 0 Å². The molecule has 0 fully saturated rings. The Balaban J connectivity index is 1.95. The van der Waals surface area contributed by atoms with Gasteiger partial charge in [0.05, 0.1) is 11.0 Å². The fourth-order valence-corrected chi connectivity index (χ4v) is 1.53. The van der Waals surface area contributed by atoms with Crippen molar-refractivity contribution in [2.75, 3.05) is 0 Å². The van der Waals surface area contributed by atoms with Crippen LogP contribution in [0.4, 0.5) is 0 Å². The van der Waals surface area contributed by atoms with Crippen LogP contribution >= 0.6 is 0 Å². The molecule has 0 saturated heterocycles. The Morgan fingerprint density at radius 1 is 1.24 bits per heavy atom. The summed E-state index contributed by atoms with van der Waals surface area (Å²) in [6, 6.07) is 9.28. The van der Waals surface area contributed by atoms with Gasteiger partial charge < -0.3 is 9.63 Å². The molecule has 0 amide bonds. The zero-order valence-electron chi connectivity index (χ0n) is 8.72. The molecule has 6 nitrogen and oxygen atoms in total. The first-order valence-corrected chi connectivity index (χ1v) is 4.99. The van der Waals surface area contributed by atoms with Gasteiger partial charge in [0.1, 0.15) is 5.95 Å². The molecule has 2 aromatic heterocycles. The van der Waals surface area contributed by atoms with E-state index < -0.39 is 5.95 Å². The van der Waals surface area contributed by atoms with Crippen LogP contribution in [-0.2, 0) is 0 Å². The molecule has 0 aliphatic carbocycles. The van der Waals surface area contributed by atoms with Crippen molar-refractivity contribution < 1.29 is 14.3 Å². The van der Waals surface area contributed by atoms with Gasteiger partial charge in [-0.15, -0.1) is 0 Å². The first kappa shape index (κ1) is 9.59. The summed E-state index contributed by atoms with van der Waals surface area (Å²) in [5.74, 6) is -0.471. The SMILES string of the molecule is [O-]c1c[n+](-c2ccc(-n3cccn3)cc2)no1. The van der Waals surface area contributed by atoms with E-state index in [1.165, 1.54) is 10.9 Å². The van der Waals surface area contributed by atoms with Gasteiger partial charge in [-0.2, -0.15) is 5.10 Å². The summed E-state index contributed by atoms with van der Waals surface area (Å²) in [4.78, 5) is 0. The Morgan fingerprint density at radius 3 is 2.65 bits per heavy atom. The van der Waals surface area contributed by atoms with Crippen LogP contribution in [0.3, 0.4) is 0 Å². The molecule has 0 saturated carbocycles. The normalized spacial score (nSPS) is 10.6. The molecule has 17 heavy (non-hydrogen) atoms. The number of hydrogen-bond donors (Lipinski definition) is 0. The van der Waals surface area contributed by atoms with E-state index in [1.807, 2.05) is 36.5 Å². The van der Waals surface area contributed by atoms with Crippen LogP contribution in [0.15, 0.2) is 53.4 Å². The molecular weight excluding hydrogens is 220 g/mol. The average Bonchev–Trinajstić information content (AvgIpc) is 3.00. The minimum atomic E-state index is -0.471. The molecule has 3 aromatic rings. The van der Waals surface area contributed by atoms with Gasteiger partial charge >= 0.3 is 0 Å². The van der Waals surface area contributed by atoms with E-state index in [2.05, 4.69) is 14.9 Å². The minimum Gasteiger partial charge on any atom is -0.539 e. The van der Waals surface area contributed by atoms with Crippen molar-refractivity contribution in [3.63, 3.8) is 0 Å². The summed E-state index contributed by atoms with van der Waals surface area (Å²) >= 11 is 0. The van der Waals surface area contributed by atoms with Gasteiger partial charge in [0.2, 0.25) is 11.9 Å². The smallest absolute Gasteiger partial charge is 0.239 e. The topological polar surface area (TPSA) is 70.8 Å². The van der Waals surface area contributed by atoms with Crippen molar-refractivity contribution in [3.8, 4) is 17.3 Å². The maximum atomic E-state index is 10.9. The summed E-state index contributed by atoms with van der Waals surface area (Å²) in [7, 11) is 0. The van der Waals surface area contributed by atoms with E-state index in [4.69, 9.17) is 0 Å². The van der Waals surface area contributed by atoms with Gasteiger partial charge in [-0.3, -0.25) is 0 Å². The first-order chi connectivity index (χ1) is 8.33. The molecule has 1 aromatic carbocycles. The van der Waals surface area contributed by atoms with E-state index in [-0.39, 0.29) is 0 Å². The lowest BCUT2D eigenvalue weighted by Gasteiger charge is -1.99. The van der Waals surface area contributed by atoms with Crippen molar-refractivity contribution >= 4 is 0 Å². The third-order valence-corrected chi connectivity index (χ3v) is 2.33. The molecular formula is C11H8N4O2. The molecule has 84 valence electrons. The van der Waals surface area contributed by atoms with Crippen LogP contribution < -0.4 is 9.79 Å². The minimum absolute atomic E-state index is 0.471. The lowest BCUT2D eigenvalue weighted by molar-refractivity contribution is -0.670. The second-order valence-electron chi connectivity index (χ2n) is 3.43. The van der Waals surface area contributed by atoms with E-state index in [0.717, 1.165) is 11.4 Å². The third kappa shape index (κ3) is 1.76. The van der Waals surface area contributed by atoms with E-state index in [9.17, 15) is 5.11 Å². The number of rotatable bonds is 2.